The summed E-state index contributed by atoms with van der Waals surface area (Å²) < 4.78 is 5.63. The van der Waals surface area contributed by atoms with Crippen LogP contribution in [-0.4, -0.2) is 21.5 Å². The highest BCUT2D eigenvalue weighted by Crippen LogP contribution is 2.33. The fourth-order valence-electron chi connectivity index (χ4n) is 2.51. The fraction of sp³-hybridized carbons (Fsp3) is 0.200. The van der Waals surface area contributed by atoms with E-state index in [4.69, 9.17) is 16.3 Å². The van der Waals surface area contributed by atoms with E-state index in [1.807, 2.05) is 0 Å². The molecule has 0 bridgehead atoms. The van der Waals surface area contributed by atoms with Crippen LogP contribution >= 0.6 is 11.6 Å². The number of nitro groups is 1. The van der Waals surface area contributed by atoms with Gasteiger partial charge in [0.15, 0.2) is 0 Å². The van der Waals surface area contributed by atoms with Crippen molar-refractivity contribution < 1.29 is 9.66 Å². The van der Waals surface area contributed by atoms with Crippen molar-refractivity contribution in [3.63, 3.8) is 0 Å². The Balaban J connectivity index is 1.80. The van der Waals surface area contributed by atoms with E-state index in [1.165, 1.54) is 6.33 Å². The average molecular weight is 414 g/mol. The maximum Gasteiger partial charge on any atom is 0.353 e. The van der Waals surface area contributed by atoms with Gasteiger partial charge in [0.2, 0.25) is 11.6 Å². The summed E-state index contributed by atoms with van der Waals surface area (Å²) in [5.41, 5.74) is 1.01. The van der Waals surface area contributed by atoms with Crippen molar-refractivity contribution in [2.24, 2.45) is 0 Å². The summed E-state index contributed by atoms with van der Waals surface area (Å²) in [4.78, 5) is 19.2. The van der Waals surface area contributed by atoms with Crippen LogP contribution in [0.4, 0.5) is 28.7 Å². The molecule has 3 aromatic rings. The predicted molar refractivity (Wildman–Crippen MR) is 114 cm³/mol. The van der Waals surface area contributed by atoms with Crippen LogP contribution < -0.4 is 15.4 Å². The molecule has 0 atom stereocenters. The third-order valence-electron chi connectivity index (χ3n) is 4.00. The molecule has 0 spiro atoms. The highest BCUT2D eigenvalue weighted by atomic mass is 35.5. The number of hydrogen-bond donors (Lipinski definition) is 2. The third-order valence-corrected chi connectivity index (χ3v) is 4.25. The molecule has 150 valence electrons. The second kappa shape index (κ2) is 9.70. The van der Waals surface area contributed by atoms with Crippen molar-refractivity contribution >= 4 is 40.3 Å². The lowest BCUT2D eigenvalue weighted by Gasteiger charge is -2.11. The first-order valence-electron chi connectivity index (χ1n) is 9.08. The number of ether oxygens (including phenoxy) is 1. The van der Waals surface area contributed by atoms with E-state index >= 15 is 0 Å². The maximum atomic E-state index is 11.7. The van der Waals surface area contributed by atoms with E-state index in [1.54, 1.807) is 48.5 Å². The summed E-state index contributed by atoms with van der Waals surface area (Å²) in [6.45, 7) is 2.75. The molecule has 0 radical (unpaired) electrons. The van der Waals surface area contributed by atoms with Crippen molar-refractivity contribution in [1.29, 1.82) is 0 Å². The molecule has 9 heteroatoms. The van der Waals surface area contributed by atoms with Gasteiger partial charge >= 0.3 is 5.69 Å². The van der Waals surface area contributed by atoms with Crippen molar-refractivity contribution in [2.75, 3.05) is 17.2 Å². The number of aromatic nitrogens is 2. The summed E-state index contributed by atoms with van der Waals surface area (Å²) >= 11 is 5.88. The molecule has 0 aliphatic carbocycles. The van der Waals surface area contributed by atoms with Gasteiger partial charge in [-0.05, 0) is 55.0 Å². The van der Waals surface area contributed by atoms with Crippen LogP contribution in [0.5, 0.6) is 5.75 Å². The van der Waals surface area contributed by atoms with Crippen molar-refractivity contribution in [1.82, 2.24) is 9.97 Å². The molecule has 0 aliphatic heterocycles. The topological polar surface area (TPSA) is 102 Å². The summed E-state index contributed by atoms with van der Waals surface area (Å²) in [7, 11) is 0. The summed E-state index contributed by atoms with van der Waals surface area (Å²) in [5.74, 6) is 0.904. The van der Waals surface area contributed by atoms with Crippen LogP contribution in [0.1, 0.15) is 19.8 Å². The van der Waals surface area contributed by atoms with E-state index in [-0.39, 0.29) is 17.3 Å². The molecule has 0 saturated carbocycles. The standard InChI is InChI=1S/C20H20ClN5O3/c1-2-3-12-29-17-10-8-16(9-11-17)25-20-18(26(27)28)19(22-13-23-20)24-15-6-4-14(21)5-7-15/h4-11,13H,2-3,12H2,1H3,(H2,22,23,24,25). The highest BCUT2D eigenvalue weighted by Gasteiger charge is 2.23. The zero-order valence-corrected chi connectivity index (χ0v) is 16.5. The Morgan fingerprint density at radius 3 is 2.07 bits per heavy atom. The highest BCUT2D eigenvalue weighted by molar-refractivity contribution is 6.30. The van der Waals surface area contributed by atoms with E-state index in [0.29, 0.717) is 23.0 Å². The summed E-state index contributed by atoms with van der Waals surface area (Å²) in [6, 6.07) is 13.9. The van der Waals surface area contributed by atoms with E-state index in [9.17, 15) is 10.1 Å². The van der Waals surface area contributed by atoms with Gasteiger partial charge in [-0.25, -0.2) is 9.97 Å². The van der Waals surface area contributed by atoms with Crippen LogP contribution in [0.15, 0.2) is 54.9 Å². The van der Waals surface area contributed by atoms with E-state index in [0.717, 1.165) is 18.6 Å². The first kappa shape index (κ1) is 20.3. The summed E-state index contributed by atoms with van der Waals surface area (Å²) in [5, 5.41) is 18.2. The van der Waals surface area contributed by atoms with Gasteiger partial charge in [-0.3, -0.25) is 10.1 Å². The van der Waals surface area contributed by atoms with Gasteiger partial charge in [0.1, 0.15) is 12.1 Å². The molecular formula is C20H20ClN5O3. The van der Waals surface area contributed by atoms with Crippen LogP contribution in [0, 0.1) is 10.1 Å². The molecule has 29 heavy (non-hydrogen) atoms. The first-order chi connectivity index (χ1) is 14.1. The zero-order valence-electron chi connectivity index (χ0n) is 15.8. The van der Waals surface area contributed by atoms with Gasteiger partial charge < -0.3 is 15.4 Å². The second-order valence-corrected chi connectivity index (χ2v) is 6.60. The Kier molecular flexibility index (Phi) is 6.80. The minimum absolute atomic E-state index is 0.0781. The maximum absolute atomic E-state index is 11.7. The summed E-state index contributed by atoms with van der Waals surface area (Å²) in [6.07, 6.45) is 3.30. The molecule has 0 saturated heterocycles. The Hall–Kier alpha value is -3.39. The number of anilines is 4. The van der Waals surface area contributed by atoms with E-state index in [2.05, 4.69) is 27.5 Å². The molecule has 1 heterocycles. The van der Waals surface area contributed by atoms with E-state index < -0.39 is 4.92 Å². The predicted octanol–water partition coefficient (Wildman–Crippen LogP) is 5.70. The third kappa shape index (κ3) is 5.55. The van der Waals surface area contributed by atoms with Crippen molar-refractivity contribution in [3.05, 3.63) is 70.0 Å². The molecule has 1 aromatic heterocycles. The van der Waals surface area contributed by atoms with Gasteiger partial charge in [-0.2, -0.15) is 0 Å². The molecule has 0 amide bonds. The average Bonchev–Trinajstić information content (AvgIpc) is 2.71. The largest absolute Gasteiger partial charge is 0.494 e. The molecule has 8 nitrogen and oxygen atoms in total. The molecule has 2 aromatic carbocycles. The van der Waals surface area contributed by atoms with Crippen LogP contribution in [-0.2, 0) is 0 Å². The monoisotopic (exact) mass is 413 g/mol. The smallest absolute Gasteiger partial charge is 0.353 e. The Bertz CT molecular complexity index is 965. The molecule has 0 unspecified atom stereocenters. The molecule has 3 rings (SSSR count). The molecule has 0 fully saturated rings. The normalized spacial score (nSPS) is 10.4. The minimum Gasteiger partial charge on any atom is -0.494 e. The Morgan fingerprint density at radius 1 is 1.00 bits per heavy atom. The SMILES string of the molecule is CCCCOc1ccc(Nc2ncnc(Nc3ccc(Cl)cc3)c2[N+](=O)[O-])cc1. The van der Waals surface area contributed by atoms with Crippen LogP contribution in [0.3, 0.4) is 0 Å². The number of rotatable bonds is 9. The van der Waals surface area contributed by atoms with Crippen molar-refractivity contribution in [3.8, 4) is 5.75 Å². The number of halogens is 1. The quantitative estimate of drug-likeness (QED) is 0.263. The molecule has 0 aliphatic rings. The minimum atomic E-state index is -0.525. The first-order valence-corrected chi connectivity index (χ1v) is 9.46. The Morgan fingerprint density at radius 2 is 1.55 bits per heavy atom. The number of benzene rings is 2. The molecule has 2 N–H and O–H groups in total. The Labute approximate surface area is 173 Å². The van der Waals surface area contributed by atoms with Gasteiger partial charge in [-0.1, -0.05) is 24.9 Å². The lowest BCUT2D eigenvalue weighted by Crippen LogP contribution is -2.05. The number of nitrogens with one attached hydrogen (secondary N) is 2. The van der Waals surface area contributed by atoms with Crippen LogP contribution in [0.2, 0.25) is 5.02 Å². The number of hydrogen-bond acceptors (Lipinski definition) is 7. The van der Waals surface area contributed by atoms with Gasteiger partial charge in [0, 0.05) is 16.4 Å². The van der Waals surface area contributed by atoms with Gasteiger partial charge in [0.05, 0.1) is 11.5 Å². The lowest BCUT2D eigenvalue weighted by atomic mass is 10.3. The number of unbranched alkanes of at least 4 members (excludes halogenated alkanes) is 1. The fourth-order valence-corrected chi connectivity index (χ4v) is 2.64. The number of nitrogens with zero attached hydrogens (tertiary/aromatic N) is 3. The second-order valence-electron chi connectivity index (χ2n) is 6.16. The zero-order chi connectivity index (χ0) is 20.6. The van der Waals surface area contributed by atoms with Gasteiger partial charge in [0.25, 0.3) is 0 Å². The lowest BCUT2D eigenvalue weighted by molar-refractivity contribution is -0.383. The van der Waals surface area contributed by atoms with Crippen molar-refractivity contribution in [2.45, 2.75) is 19.8 Å². The molecular weight excluding hydrogens is 394 g/mol. The van der Waals surface area contributed by atoms with Crippen LogP contribution in [0.25, 0.3) is 0 Å². The van der Waals surface area contributed by atoms with Gasteiger partial charge in [-0.15, -0.1) is 0 Å².